The van der Waals surface area contributed by atoms with Crippen LogP contribution in [0.25, 0.3) is 0 Å². The van der Waals surface area contributed by atoms with Crippen LogP contribution in [0.15, 0.2) is 35.7 Å². The quantitative estimate of drug-likeness (QED) is 0.476. The third kappa shape index (κ3) is 3.40. The minimum atomic E-state index is -1.04. The zero-order valence-corrected chi connectivity index (χ0v) is 8.89. The smallest absolute Gasteiger partial charge is 0.335 e. The first-order chi connectivity index (χ1) is 7.15. The molecule has 0 bridgehead atoms. The van der Waals surface area contributed by atoms with Crippen molar-refractivity contribution in [3.05, 3.63) is 42.2 Å². The minimum Gasteiger partial charge on any atom is -0.478 e. The summed E-state index contributed by atoms with van der Waals surface area (Å²) in [4.78, 5) is 11.0. The molecule has 0 aliphatic heterocycles. The van der Waals surface area contributed by atoms with Gasteiger partial charge in [-0.15, -0.1) is 18.3 Å². The molecule has 0 radical (unpaired) electrons. The van der Waals surface area contributed by atoms with E-state index >= 15 is 0 Å². The Morgan fingerprint density at radius 3 is 2.93 bits per heavy atom. The highest BCUT2D eigenvalue weighted by molar-refractivity contribution is 7.99. The number of carboxylic acids is 1. The van der Waals surface area contributed by atoms with E-state index < -0.39 is 5.97 Å². The number of halogens is 1. The average Bonchev–Trinajstić information content (AvgIpc) is 2.20. The predicted molar refractivity (Wildman–Crippen MR) is 58.9 cm³/mol. The molecule has 1 rings (SSSR count). The number of hydrogen-bond acceptors (Lipinski definition) is 2. The van der Waals surface area contributed by atoms with Gasteiger partial charge in [0, 0.05) is 10.6 Å². The highest BCUT2D eigenvalue weighted by atomic mass is 32.2. The Bertz CT molecular complexity index is 377. The third-order valence-electron chi connectivity index (χ3n) is 1.76. The molecule has 0 aliphatic carbocycles. The molecule has 0 fully saturated rings. The molecule has 15 heavy (non-hydrogen) atoms. The number of carboxylic acid groups (broad SMARTS) is 1. The lowest BCUT2D eigenvalue weighted by Gasteiger charge is -2.03. The van der Waals surface area contributed by atoms with Gasteiger partial charge in [-0.1, -0.05) is 6.08 Å². The molecule has 1 N–H and O–H groups in total. The van der Waals surface area contributed by atoms with Crippen molar-refractivity contribution in [1.82, 2.24) is 0 Å². The summed E-state index contributed by atoms with van der Waals surface area (Å²) in [6.07, 6.45) is 2.51. The van der Waals surface area contributed by atoms with Crippen LogP contribution in [-0.4, -0.2) is 16.8 Å². The maximum Gasteiger partial charge on any atom is 0.335 e. The van der Waals surface area contributed by atoms with Crippen LogP contribution in [0.5, 0.6) is 0 Å². The van der Waals surface area contributed by atoms with Gasteiger partial charge in [0.2, 0.25) is 0 Å². The van der Waals surface area contributed by atoms with Crippen molar-refractivity contribution < 1.29 is 14.3 Å². The van der Waals surface area contributed by atoms with Crippen molar-refractivity contribution in [1.29, 1.82) is 0 Å². The van der Waals surface area contributed by atoms with Gasteiger partial charge in [0.25, 0.3) is 0 Å². The molecule has 0 amide bonds. The Morgan fingerprint density at radius 1 is 1.60 bits per heavy atom. The minimum absolute atomic E-state index is 0.109. The van der Waals surface area contributed by atoms with Crippen LogP contribution >= 0.6 is 11.8 Å². The number of allylic oxidation sites excluding steroid dienone is 1. The molecule has 4 heteroatoms. The highest BCUT2D eigenvalue weighted by Crippen LogP contribution is 2.23. The van der Waals surface area contributed by atoms with E-state index in [1.54, 1.807) is 6.08 Å². The summed E-state index contributed by atoms with van der Waals surface area (Å²) < 4.78 is 13.2. The van der Waals surface area contributed by atoms with Crippen molar-refractivity contribution in [3.8, 4) is 0 Å². The van der Waals surface area contributed by atoms with E-state index in [-0.39, 0.29) is 11.4 Å². The molecule has 0 aliphatic rings. The van der Waals surface area contributed by atoms with Gasteiger partial charge in [-0.3, -0.25) is 0 Å². The normalized spacial score (nSPS) is 9.93. The summed E-state index contributed by atoms with van der Waals surface area (Å²) in [5.74, 6) is -0.724. The van der Waals surface area contributed by atoms with E-state index in [0.29, 0.717) is 10.6 Å². The Kier molecular flexibility index (Phi) is 4.37. The molecule has 0 saturated heterocycles. The second-order valence-corrected chi connectivity index (χ2v) is 4.01. The van der Waals surface area contributed by atoms with Crippen molar-refractivity contribution in [3.63, 3.8) is 0 Å². The van der Waals surface area contributed by atoms with E-state index in [9.17, 15) is 9.18 Å². The number of aromatic carboxylic acids is 1. The van der Waals surface area contributed by atoms with E-state index in [0.717, 1.165) is 6.42 Å². The van der Waals surface area contributed by atoms with Crippen molar-refractivity contribution in [2.75, 3.05) is 5.75 Å². The van der Waals surface area contributed by atoms with Crippen LogP contribution in [0.1, 0.15) is 16.8 Å². The van der Waals surface area contributed by atoms with E-state index in [1.807, 2.05) is 0 Å². The first-order valence-electron chi connectivity index (χ1n) is 4.41. The number of carbonyl (C=O) groups is 1. The molecular formula is C11H11FO2S. The van der Waals surface area contributed by atoms with Crippen LogP contribution in [0, 0.1) is 5.82 Å². The van der Waals surface area contributed by atoms with Crippen molar-refractivity contribution in [2.24, 2.45) is 0 Å². The topological polar surface area (TPSA) is 37.3 Å². The summed E-state index contributed by atoms with van der Waals surface area (Å²) >= 11 is 1.29. The van der Waals surface area contributed by atoms with Gasteiger partial charge in [-0.25, -0.2) is 9.18 Å². The zero-order valence-electron chi connectivity index (χ0n) is 8.07. The summed E-state index contributed by atoms with van der Waals surface area (Å²) in [6, 6.07) is 3.79. The molecule has 0 aromatic heterocycles. The maximum absolute atomic E-state index is 13.2. The van der Waals surface area contributed by atoms with Crippen LogP contribution in [-0.2, 0) is 0 Å². The summed E-state index contributed by atoms with van der Waals surface area (Å²) in [5.41, 5.74) is 0.109. The fraction of sp³-hybridized carbons (Fsp3) is 0.182. The summed E-state index contributed by atoms with van der Waals surface area (Å²) in [7, 11) is 0. The van der Waals surface area contributed by atoms with Gasteiger partial charge in [0.1, 0.15) is 5.82 Å². The SMILES string of the molecule is C=CCCSc1cc(C(=O)O)ccc1F. The van der Waals surface area contributed by atoms with Gasteiger partial charge in [-0.2, -0.15) is 0 Å². The summed E-state index contributed by atoms with van der Waals surface area (Å²) in [6.45, 7) is 3.56. The van der Waals surface area contributed by atoms with Crippen LogP contribution in [0.3, 0.4) is 0 Å². The second kappa shape index (κ2) is 5.56. The average molecular weight is 226 g/mol. The lowest BCUT2D eigenvalue weighted by molar-refractivity contribution is 0.0696. The summed E-state index contributed by atoms with van der Waals surface area (Å²) in [5, 5.41) is 8.72. The molecular weight excluding hydrogens is 215 g/mol. The Hall–Kier alpha value is -1.29. The second-order valence-electron chi connectivity index (χ2n) is 2.88. The maximum atomic E-state index is 13.2. The van der Waals surface area contributed by atoms with Gasteiger partial charge in [0.15, 0.2) is 0 Å². The largest absolute Gasteiger partial charge is 0.478 e. The lowest BCUT2D eigenvalue weighted by Crippen LogP contribution is -1.97. The van der Waals surface area contributed by atoms with E-state index in [1.165, 1.54) is 30.0 Å². The molecule has 0 atom stereocenters. The molecule has 0 saturated carbocycles. The number of thioether (sulfide) groups is 1. The van der Waals surface area contributed by atoms with Gasteiger partial charge in [-0.05, 0) is 24.6 Å². The molecule has 0 heterocycles. The predicted octanol–water partition coefficient (Wildman–Crippen LogP) is 3.19. The molecule has 0 unspecified atom stereocenters. The monoisotopic (exact) mass is 226 g/mol. The molecule has 2 nitrogen and oxygen atoms in total. The first kappa shape index (κ1) is 11.8. The van der Waals surface area contributed by atoms with Crippen LogP contribution in [0.2, 0.25) is 0 Å². The van der Waals surface area contributed by atoms with Gasteiger partial charge in [0.05, 0.1) is 5.56 Å². The Labute approximate surface area is 91.8 Å². The highest BCUT2D eigenvalue weighted by Gasteiger charge is 2.08. The Balaban J connectivity index is 2.80. The molecule has 1 aromatic rings. The van der Waals surface area contributed by atoms with Crippen LogP contribution < -0.4 is 0 Å². The number of benzene rings is 1. The molecule has 1 aromatic carbocycles. The standard InChI is InChI=1S/C11H11FO2S/c1-2-3-6-15-10-7-8(11(13)14)4-5-9(10)12/h2,4-5,7H,1,3,6H2,(H,13,14). The fourth-order valence-electron chi connectivity index (χ4n) is 0.999. The number of hydrogen-bond donors (Lipinski definition) is 1. The number of rotatable bonds is 5. The molecule has 80 valence electrons. The molecule has 0 spiro atoms. The lowest BCUT2D eigenvalue weighted by atomic mass is 10.2. The first-order valence-corrected chi connectivity index (χ1v) is 5.40. The van der Waals surface area contributed by atoms with Crippen LogP contribution in [0.4, 0.5) is 4.39 Å². The third-order valence-corrected chi connectivity index (χ3v) is 2.82. The zero-order chi connectivity index (χ0) is 11.3. The fourth-order valence-corrected chi connectivity index (χ4v) is 1.92. The van der Waals surface area contributed by atoms with Crippen molar-refractivity contribution in [2.45, 2.75) is 11.3 Å². The Morgan fingerprint density at radius 2 is 2.33 bits per heavy atom. The van der Waals surface area contributed by atoms with Gasteiger partial charge < -0.3 is 5.11 Å². The van der Waals surface area contributed by atoms with E-state index in [2.05, 4.69) is 6.58 Å². The van der Waals surface area contributed by atoms with Crippen molar-refractivity contribution >= 4 is 17.7 Å². The van der Waals surface area contributed by atoms with E-state index in [4.69, 9.17) is 5.11 Å². The van der Waals surface area contributed by atoms with Gasteiger partial charge >= 0.3 is 5.97 Å².